The van der Waals surface area contributed by atoms with E-state index in [9.17, 15) is 13.2 Å². The van der Waals surface area contributed by atoms with Gasteiger partial charge in [-0.1, -0.05) is 6.42 Å². The highest BCUT2D eigenvalue weighted by Crippen LogP contribution is 2.30. The maximum absolute atomic E-state index is 12.7. The SMILES string of the molecule is CN1CCCCC1COc1cc(C(F)(F)F)nc(NN)n1. The van der Waals surface area contributed by atoms with Crippen LogP contribution in [-0.2, 0) is 6.18 Å². The number of rotatable bonds is 4. The molecule has 1 aromatic heterocycles. The molecule has 9 heteroatoms. The van der Waals surface area contributed by atoms with E-state index in [1.807, 2.05) is 12.5 Å². The Morgan fingerprint density at radius 3 is 2.81 bits per heavy atom. The van der Waals surface area contributed by atoms with E-state index in [0.717, 1.165) is 31.9 Å². The highest BCUT2D eigenvalue weighted by atomic mass is 19.4. The van der Waals surface area contributed by atoms with E-state index < -0.39 is 11.9 Å². The molecule has 1 aliphatic heterocycles. The second kappa shape index (κ2) is 6.44. The predicted octanol–water partition coefficient (Wildman–Crippen LogP) is 1.64. The van der Waals surface area contributed by atoms with Crippen molar-refractivity contribution in [3.05, 3.63) is 11.8 Å². The van der Waals surface area contributed by atoms with Crippen LogP contribution in [0.2, 0.25) is 0 Å². The summed E-state index contributed by atoms with van der Waals surface area (Å²) in [4.78, 5) is 9.19. The molecule has 0 amide bonds. The lowest BCUT2D eigenvalue weighted by Crippen LogP contribution is -2.40. The lowest BCUT2D eigenvalue weighted by Gasteiger charge is -2.32. The normalized spacial score (nSPS) is 20.3. The molecule has 1 aromatic rings. The van der Waals surface area contributed by atoms with Crippen LogP contribution in [0.15, 0.2) is 6.07 Å². The van der Waals surface area contributed by atoms with Gasteiger partial charge < -0.3 is 9.64 Å². The molecule has 0 aliphatic carbocycles. The zero-order valence-electron chi connectivity index (χ0n) is 11.7. The van der Waals surface area contributed by atoms with Crippen LogP contribution in [0.1, 0.15) is 25.0 Å². The van der Waals surface area contributed by atoms with E-state index in [4.69, 9.17) is 10.6 Å². The van der Waals surface area contributed by atoms with Crippen molar-refractivity contribution in [3.63, 3.8) is 0 Å². The first-order valence-corrected chi connectivity index (χ1v) is 6.66. The number of likely N-dealkylation sites (N-methyl/N-ethyl adjacent to an activating group) is 1. The maximum atomic E-state index is 12.7. The fourth-order valence-corrected chi connectivity index (χ4v) is 2.24. The Kier molecular flexibility index (Phi) is 4.84. The van der Waals surface area contributed by atoms with Gasteiger partial charge in [-0.05, 0) is 26.4 Å². The number of nitrogens with zero attached hydrogens (tertiary/aromatic N) is 3. The molecule has 1 unspecified atom stereocenters. The molecular formula is C12H18F3N5O. The van der Waals surface area contributed by atoms with Gasteiger partial charge in [0.15, 0.2) is 5.69 Å². The number of aromatic nitrogens is 2. The van der Waals surface area contributed by atoms with Crippen LogP contribution in [0.3, 0.4) is 0 Å². The fourth-order valence-electron chi connectivity index (χ4n) is 2.24. The third-order valence-corrected chi connectivity index (χ3v) is 3.47. The predicted molar refractivity (Wildman–Crippen MR) is 70.6 cm³/mol. The van der Waals surface area contributed by atoms with Crippen molar-refractivity contribution < 1.29 is 17.9 Å². The second-order valence-electron chi connectivity index (χ2n) is 5.00. The number of likely N-dealkylation sites (tertiary alicyclic amines) is 1. The molecule has 0 saturated carbocycles. The number of nitrogens with two attached hydrogens (primary N) is 1. The van der Waals surface area contributed by atoms with E-state index in [1.165, 1.54) is 0 Å². The van der Waals surface area contributed by atoms with Crippen LogP contribution < -0.4 is 16.0 Å². The van der Waals surface area contributed by atoms with Crippen molar-refractivity contribution in [1.82, 2.24) is 14.9 Å². The molecule has 0 spiro atoms. The molecule has 1 aliphatic rings. The number of hydrogen-bond donors (Lipinski definition) is 2. The number of halogens is 3. The molecule has 0 bridgehead atoms. The number of nitrogen functional groups attached to an aromatic ring is 1. The molecule has 6 nitrogen and oxygen atoms in total. The summed E-state index contributed by atoms with van der Waals surface area (Å²) in [5.74, 6) is 4.63. The summed E-state index contributed by atoms with van der Waals surface area (Å²) in [5, 5.41) is 0. The molecular weight excluding hydrogens is 287 g/mol. The van der Waals surface area contributed by atoms with E-state index in [-0.39, 0.29) is 24.5 Å². The third kappa shape index (κ3) is 4.18. The Bertz CT molecular complexity index is 482. The van der Waals surface area contributed by atoms with E-state index >= 15 is 0 Å². The number of nitrogens with one attached hydrogen (secondary N) is 1. The average molecular weight is 305 g/mol. The summed E-state index contributed by atoms with van der Waals surface area (Å²) in [5.41, 5.74) is 0.928. The summed E-state index contributed by atoms with van der Waals surface area (Å²) in [6.45, 7) is 1.25. The summed E-state index contributed by atoms with van der Waals surface area (Å²) < 4.78 is 43.6. The van der Waals surface area contributed by atoms with Gasteiger partial charge in [0, 0.05) is 12.1 Å². The zero-order valence-corrected chi connectivity index (χ0v) is 11.7. The Balaban J connectivity index is 2.08. The molecule has 1 saturated heterocycles. The van der Waals surface area contributed by atoms with E-state index in [0.29, 0.717) is 0 Å². The van der Waals surface area contributed by atoms with Crippen molar-refractivity contribution in [3.8, 4) is 5.88 Å². The first-order chi connectivity index (χ1) is 9.90. The second-order valence-corrected chi connectivity index (χ2v) is 5.00. The van der Waals surface area contributed by atoms with Gasteiger partial charge in [-0.2, -0.15) is 18.2 Å². The average Bonchev–Trinajstić information content (AvgIpc) is 2.45. The third-order valence-electron chi connectivity index (χ3n) is 3.47. The van der Waals surface area contributed by atoms with Crippen LogP contribution in [0.4, 0.5) is 19.1 Å². The van der Waals surface area contributed by atoms with Crippen molar-refractivity contribution in [2.24, 2.45) is 5.84 Å². The zero-order chi connectivity index (χ0) is 15.5. The highest BCUT2D eigenvalue weighted by Gasteiger charge is 2.34. The minimum atomic E-state index is -4.58. The van der Waals surface area contributed by atoms with Gasteiger partial charge in [0.25, 0.3) is 0 Å². The van der Waals surface area contributed by atoms with Crippen LogP contribution >= 0.6 is 0 Å². The lowest BCUT2D eigenvalue weighted by molar-refractivity contribution is -0.141. The quantitative estimate of drug-likeness (QED) is 0.650. The van der Waals surface area contributed by atoms with Crippen molar-refractivity contribution >= 4 is 5.95 Å². The van der Waals surface area contributed by atoms with Gasteiger partial charge in [0.1, 0.15) is 6.61 Å². The topological polar surface area (TPSA) is 76.3 Å². The molecule has 118 valence electrons. The van der Waals surface area contributed by atoms with Crippen molar-refractivity contribution in [2.75, 3.05) is 25.6 Å². The summed E-state index contributed by atoms with van der Waals surface area (Å²) in [7, 11) is 1.97. The molecule has 21 heavy (non-hydrogen) atoms. The lowest BCUT2D eigenvalue weighted by atomic mass is 10.0. The van der Waals surface area contributed by atoms with Crippen LogP contribution in [0.25, 0.3) is 0 Å². The molecule has 1 fully saturated rings. The van der Waals surface area contributed by atoms with Crippen LogP contribution in [0.5, 0.6) is 5.88 Å². The molecule has 0 radical (unpaired) electrons. The Labute approximate surface area is 120 Å². The number of hydrogen-bond acceptors (Lipinski definition) is 6. The van der Waals surface area contributed by atoms with E-state index in [1.54, 1.807) is 0 Å². The van der Waals surface area contributed by atoms with Gasteiger partial charge in [-0.3, -0.25) is 5.43 Å². The van der Waals surface area contributed by atoms with Crippen molar-refractivity contribution in [1.29, 1.82) is 0 Å². The summed E-state index contributed by atoms with van der Waals surface area (Å²) >= 11 is 0. The molecule has 3 N–H and O–H groups in total. The smallest absolute Gasteiger partial charge is 0.433 e. The number of ether oxygens (including phenoxy) is 1. The maximum Gasteiger partial charge on any atom is 0.433 e. The molecule has 0 aromatic carbocycles. The minimum Gasteiger partial charge on any atom is -0.476 e. The van der Waals surface area contributed by atoms with Crippen LogP contribution in [0, 0.1) is 0 Å². The van der Waals surface area contributed by atoms with Gasteiger partial charge in [0.2, 0.25) is 11.8 Å². The number of hydrazine groups is 1. The van der Waals surface area contributed by atoms with Gasteiger partial charge in [-0.25, -0.2) is 10.8 Å². The Morgan fingerprint density at radius 2 is 2.19 bits per heavy atom. The standard InChI is InChI=1S/C12H18F3N5O/c1-20-5-3-2-4-8(20)7-21-10-6-9(12(13,14)15)17-11(18-10)19-16/h6,8H,2-5,7,16H2,1H3,(H,17,18,19). The Hall–Kier alpha value is -1.61. The van der Waals surface area contributed by atoms with Gasteiger partial charge >= 0.3 is 6.18 Å². The van der Waals surface area contributed by atoms with Crippen molar-refractivity contribution in [2.45, 2.75) is 31.5 Å². The number of anilines is 1. The molecule has 2 heterocycles. The van der Waals surface area contributed by atoms with Crippen LogP contribution in [-0.4, -0.2) is 41.1 Å². The monoisotopic (exact) mass is 305 g/mol. The number of piperidine rings is 1. The van der Waals surface area contributed by atoms with Gasteiger partial charge in [-0.15, -0.1) is 0 Å². The van der Waals surface area contributed by atoms with E-state index in [2.05, 4.69) is 14.9 Å². The molecule has 2 rings (SSSR count). The Morgan fingerprint density at radius 1 is 1.43 bits per heavy atom. The minimum absolute atomic E-state index is 0.135. The molecule has 1 atom stereocenters. The van der Waals surface area contributed by atoms with Gasteiger partial charge in [0.05, 0.1) is 0 Å². The largest absolute Gasteiger partial charge is 0.476 e. The first-order valence-electron chi connectivity index (χ1n) is 6.66. The highest BCUT2D eigenvalue weighted by molar-refractivity contribution is 5.30. The summed E-state index contributed by atoms with van der Waals surface area (Å²) in [6.07, 6.45) is -1.41. The first kappa shape index (κ1) is 15.8. The number of alkyl halides is 3. The fraction of sp³-hybridized carbons (Fsp3) is 0.667. The summed E-state index contributed by atoms with van der Waals surface area (Å²) in [6, 6.07) is 0.960.